The highest BCUT2D eigenvalue weighted by atomic mass is 28.3. The molecule has 0 heterocycles. The zero-order valence-corrected chi connectivity index (χ0v) is 12.9. The van der Waals surface area contributed by atoms with Crippen molar-refractivity contribution in [1.82, 2.24) is 0 Å². The van der Waals surface area contributed by atoms with Gasteiger partial charge in [-0.2, -0.15) is 0 Å². The summed E-state index contributed by atoms with van der Waals surface area (Å²) in [6, 6.07) is 1.25. The van der Waals surface area contributed by atoms with Crippen molar-refractivity contribution in [3.63, 3.8) is 0 Å². The van der Waals surface area contributed by atoms with E-state index in [2.05, 4.69) is 13.8 Å². The van der Waals surface area contributed by atoms with Crippen molar-refractivity contribution >= 4 is 9.28 Å². The van der Waals surface area contributed by atoms with Gasteiger partial charge in [-0.3, -0.25) is 0 Å². The molecule has 4 saturated carbocycles. The van der Waals surface area contributed by atoms with Crippen LogP contribution in [0.1, 0.15) is 52.4 Å². The molecule has 0 unspecified atom stereocenters. The van der Waals surface area contributed by atoms with Crippen LogP contribution < -0.4 is 0 Å². The highest BCUT2D eigenvalue weighted by molar-refractivity contribution is 6.44. The van der Waals surface area contributed by atoms with Crippen molar-refractivity contribution in [3.8, 4) is 0 Å². The quantitative estimate of drug-likeness (QED) is 0.682. The van der Waals surface area contributed by atoms with Crippen LogP contribution >= 0.6 is 0 Å². The maximum absolute atomic E-state index is 5.90. The lowest BCUT2D eigenvalue weighted by Gasteiger charge is -2.57. The Labute approximate surface area is 113 Å². The van der Waals surface area contributed by atoms with Gasteiger partial charge in [-0.1, -0.05) is 0 Å². The SMILES string of the molecule is CCO[Si](CC12CC3CC(CC(C3)C1)C2)OCC. The summed E-state index contributed by atoms with van der Waals surface area (Å²) < 4.78 is 11.8. The highest BCUT2D eigenvalue weighted by Crippen LogP contribution is 2.61. The third-order valence-electron chi connectivity index (χ3n) is 5.30. The van der Waals surface area contributed by atoms with Crippen molar-refractivity contribution in [2.45, 2.75) is 58.4 Å². The normalized spacial score (nSPS) is 41.8. The summed E-state index contributed by atoms with van der Waals surface area (Å²) in [7, 11) is -1.01. The molecular formula is C15H27O2Si. The van der Waals surface area contributed by atoms with Crippen LogP contribution in [-0.4, -0.2) is 22.5 Å². The minimum absolute atomic E-state index is 0.618. The molecule has 3 heteroatoms. The van der Waals surface area contributed by atoms with Gasteiger partial charge in [0.15, 0.2) is 0 Å². The number of rotatable bonds is 6. The van der Waals surface area contributed by atoms with E-state index in [9.17, 15) is 0 Å². The van der Waals surface area contributed by atoms with Crippen molar-refractivity contribution in [1.29, 1.82) is 0 Å². The van der Waals surface area contributed by atoms with Crippen LogP contribution in [0.3, 0.4) is 0 Å². The van der Waals surface area contributed by atoms with Gasteiger partial charge < -0.3 is 8.85 Å². The average Bonchev–Trinajstić information content (AvgIpc) is 2.26. The Kier molecular flexibility index (Phi) is 3.84. The van der Waals surface area contributed by atoms with Gasteiger partial charge in [0.05, 0.1) is 0 Å². The summed E-state index contributed by atoms with van der Waals surface area (Å²) in [5, 5.41) is 0. The van der Waals surface area contributed by atoms with E-state index in [0.29, 0.717) is 5.41 Å². The Bertz CT molecular complexity index is 251. The van der Waals surface area contributed by atoms with E-state index >= 15 is 0 Å². The molecule has 0 aromatic heterocycles. The molecule has 18 heavy (non-hydrogen) atoms. The monoisotopic (exact) mass is 267 g/mol. The van der Waals surface area contributed by atoms with Crippen molar-refractivity contribution < 1.29 is 8.85 Å². The van der Waals surface area contributed by atoms with E-state index in [1.165, 1.54) is 44.6 Å². The smallest absolute Gasteiger partial charge is 0.385 e. The molecule has 1 radical (unpaired) electrons. The van der Waals surface area contributed by atoms with Gasteiger partial charge in [-0.15, -0.1) is 0 Å². The van der Waals surface area contributed by atoms with E-state index in [1.807, 2.05) is 0 Å². The Balaban J connectivity index is 1.67. The summed E-state index contributed by atoms with van der Waals surface area (Å²) in [4.78, 5) is 0. The fraction of sp³-hybridized carbons (Fsp3) is 1.00. The molecule has 0 aromatic carbocycles. The van der Waals surface area contributed by atoms with Crippen molar-refractivity contribution in [2.24, 2.45) is 23.2 Å². The van der Waals surface area contributed by atoms with Crippen molar-refractivity contribution in [2.75, 3.05) is 13.2 Å². The minimum Gasteiger partial charge on any atom is -0.394 e. The molecule has 4 aliphatic rings. The molecule has 0 saturated heterocycles. The molecule has 0 aromatic rings. The second-order valence-corrected chi connectivity index (χ2v) is 8.51. The fourth-order valence-electron chi connectivity index (χ4n) is 5.28. The maximum atomic E-state index is 5.90. The molecule has 4 rings (SSSR count). The van der Waals surface area contributed by atoms with Crippen LogP contribution in [0.4, 0.5) is 0 Å². The van der Waals surface area contributed by atoms with Gasteiger partial charge in [-0.05, 0) is 81.6 Å². The van der Waals surface area contributed by atoms with Crippen LogP contribution in [0.15, 0.2) is 0 Å². The van der Waals surface area contributed by atoms with E-state index < -0.39 is 9.28 Å². The van der Waals surface area contributed by atoms with Gasteiger partial charge in [0, 0.05) is 13.2 Å². The zero-order valence-electron chi connectivity index (χ0n) is 11.9. The first kappa shape index (κ1) is 13.1. The standard InChI is InChI=1S/C15H27O2Si/c1-3-16-18(17-4-2)11-15-8-12-5-13(9-15)7-14(6-12)10-15/h12-14H,3-11H2,1-2H3. The summed E-state index contributed by atoms with van der Waals surface area (Å²) in [5.41, 5.74) is 0.618. The average molecular weight is 267 g/mol. The topological polar surface area (TPSA) is 18.5 Å². The second-order valence-electron chi connectivity index (χ2n) is 6.83. The Hall–Kier alpha value is 0.137. The Morgan fingerprint density at radius 1 is 0.889 bits per heavy atom. The van der Waals surface area contributed by atoms with Gasteiger partial charge in [0.2, 0.25) is 0 Å². The number of hydrogen-bond donors (Lipinski definition) is 0. The van der Waals surface area contributed by atoms with E-state index in [4.69, 9.17) is 8.85 Å². The summed E-state index contributed by atoms with van der Waals surface area (Å²) in [6.07, 6.45) is 9.04. The molecule has 0 aliphatic heterocycles. The molecule has 4 fully saturated rings. The Morgan fingerprint density at radius 2 is 1.33 bits per heavy atom. The van der Waals surface area contributed by atoms with Gasteiger partial charge in [-0.25, -0.2) is 0 Å². The number of hydrogen-bond acceptors (Lipinski definition) is 2. The molecule has 0 spiro atoms. The molecule has 2 nitrogen and oxygen atoms in total. The summed E-state index contributed by atoms with van der Waals surface area (Å²) >= 11 is 0. The van der Waals surface area contributed by atoms with Crippen molar-refractivity contribution in [3.05, 3.63) is 0 Å². The predicted molar refractivity (Wildman–Crippen MR) is 74.4 cm³/mol. The molecule has 0 atom stereocenters. The van der Waals surface area contributed by atoms with Crippen LogP contribution in [0, 0.1) is 23.2 Å². The molecular weight excluding hydrogens is 240 g/mol. The van der Waals surface area contributed by atoms with Gasteiger partial charge in [0.25, 0.3) is 0 Å². The largest absolute Gasteiger partial charge is 0.394 e. The lowest BCUT2D eigenvalue weighted by molar-refractivity contribution is -0.0453. The second kappa shape index (κ2) is 5.26. The predicted octanol–water partition coefficient (Wildman–Crippen LogP) is 3.76. The third-order valence-corrected chi connectivity index (χ3v) is 7.56. The molecule has 0 amide bonds. The molecule has 103 valence electrons. The third kappa shape index (κ3) is 2.54. The fourth-order valence-corrected chi connectivity index (χ4v) is 7.26. The van der Waals surface area contributed by atoms with Crippen LogP contribution in [0.2, 0.25) is 6.04 Å². The lowest BCUT2D eigenvalue weighted by Crippen LogP contribution is -2.48. The van der Waals surface area contributed by atoms with E-state index in [-0.39, 0.29) is 0 Å². The lowest BCUT2D eigenvalue weighted by atomic mass is 9.50. The molecule has 0 N–H and O–H groups in total. The minimum atomic E-state index is -1.01. The highest BCUT2D eigenvalue weighted by Gasteiger charge is 2.52. The van der Waals surface area contributed by atoms with E-state index in [0.717, 1.165) is 31.0 Å². The maximum Gasteiger partial charge on any atom is 0.385 e. The van der Waals surface area contributed by atoms with Crippen LogP contribution in [0.5, 0.6) is 0 Å². The molecule has 4 bridgehead atoms. The Morgan fingerprint density at radius 3 is 1.72 bits per heavy atom. The zero-order chi connectivity index (χ0) is 12.6. The summed E-state index contributed by atoms with van der Waals surface area (Å²) in [6.45, 7) is 5.84. The van der Waals surface area contributed by atoms with Crippen LogP contribution in [0.25, 0.3) is 0 Å². The first-order valence-corrected chi connectivity index (χ1v) is 9.37. The molecule has 4 aliphatic carbocycles. The van der Waals surface area contributed by atoms with E-state index in [1.54, 1.807) is 0 Å². The first-order chi connectivity index (χ1) is 8.73. The first-order valence-electron chi connectivity index (χ1n) is 7.84. The van der Waals surface area contributed by atoms with Gasteiger partial charge >= 0.3 is 9.28 Å². The summed E-state index contributed by atoms with van der Waals surface area (Å²) in [5.74, 6) is 3.13. The van der Waals surface area contributed by atoms with Gasteiger partial charge in [0.1, 0.15) is 0 Å². The van der Waals surface area contributed by atoms with Crippen LogP contribution in [-0.2, 0) is 8.85 Å².